The Morgan fingerprint density at radius 1 is 0.672 bits per heavy atom. The number of benzene rings is 7. The van der Waals surface area contributed by atoms with Crippen molar-refractivity contribution in [1.82, 2.24) is 4.57 Å². The molecule has 7 aromatic carbocycles. The molecule has 0 fully saturated rings. The standard InChI is InChI=1S/C54H48BN3/c1-32-21-23-35(24-22-32)56-44-20-14-13-19-38(44)49-36-17-11-12-18-37(36)50-40-28-41-42(54(5,6)26-25-53(41,3)4)30-47(40)58-48-31-46-39(29-43(48)55-51(49)52(50)58)33(2)27-45(57(46)7)34-15-9-8-10-16-34/h8-24,27-31,55-56H,2,25-26H2,1,3-7H3. The van der Waals surface area contributed by atoms with Crippen molar-refractivity contribution in [3.8, 4) is 16.8 Å². The summed E-state index contributed by atoms with van der Waals surface area (Å²) in [6, 6.07) is 47.6. The molecule has 0 saturated carbocycles. The monoisotopic (exact) mass is 749 g/mol. The van der Waals surface area contributed by atoms with Crippen molar-refractivity contribution in [2.24, 2.45) is 0 Å². The Labute approximate surface area is 342 Å². The van der Waals surface area contributed by atoms with E-state index in [4.69, 9.17) is 0 Å². The van der Waals surface area contributed by atoms with Gasteiger partial charge in [-0.2, -0.15) is 0 Å². The van der Waals surface area contributed by atoms with E-state index in [0.717, 1.165) is 24.2 Å². The third-order valence-corrected chi connectivity index (χ3v) is 13.8. The summed E-state index contributed by atoms with van der Waals surface area (Å²) in [5.74, 6) is 0. The van der Waals surface area contributed by atoms with Gasteiger partial charge in [0.1, 0.15) is 0 Å². The lowest BCUT2D eigenvalue weighted by atomic mass is 9.58. The van der Waals surface area contributed by atoms with Crippen LogP contribution in [0.4, 0.5) is 17.1 Å². The molecule has 3 heterocycles. The smallest absolute Gasteiger partial charge is 0.198 e. The number of aromatic nitrogens is 1. The van der Waals surface area contributed by atoms with Crippen LogP contribution in [-0.4, -0.2) is 18.9 Å². The van der Waals surface area contributed by atoms with Crippen molar-refractivity contribution in [2.75, 3.05) is 17.3 Å². The minimum atomic E-state index is 0.0765. The van der Waals surface area contributed by atoms with Gasteiger partial charge in [-0.15, -0.1) is 0 Å². The largest absolute Gasteiger partial charge is 0.355 e. The SMILES string of the molecule is C=C1C=C(c2ccccc2)N(C)c2cc3c(cc21)Bc1c(-c2ccccc2Nc2ccc(C)cc2)c2ccccc2c2c4cc5c(cc4n-3c12)C(C)(C)CCC5(C)C. The van der Waals surface area contributed by atoms with Crippen LogP contribution in [0, 0.1) is 6.92 Å². The van der Waals surface area contributed by atoms with E-state index >= 15 is 0 Å². The van der Waals surface area contributed by atoms with E-state index in [2.05, 4.69) is 196 Å². The molecule has 4 heteroatoms. The van der Waals surface area contributed by atoms with Gasteiger partial charge >= 0.3 is 0 Å². The Morgan fingerprint density at radius 3 is 2.10 bits per heavy atom. The van der Waals surface area contributed by atoms with Gasteiger partial charge < -0.3 is 14.8 Å². The topological polar surface area (TPSA) is 20.2 Å². The zero-order chi connectivity index (χ0) is 39.7. The highest BCUT2D eigenvalue weighted by molar-refractivity contribution is 6.74. The molecule has 0 spiro atoms. The summed E-state index contributed by atoms with van der Waals surface area (Å²) in [6.07, 6.45) is 4.61. The highest BCUT2D eigenvalue weighted by atomic mass is 15.1. The number of allylic oxidation sites excluding steroid dienone is 2. The third-order valence-electron chi connectivity index (χ3n) is 13.8. The number of fused-ring (bicyclic) bond motifs is 9. The molecule has 282 valence electrons. The van der Waals surface area contributed by atoms with Crippen LogP contribution < -0.4 is 21.1 Å². The quantitative estimate of drug-likeness (QED) is 0.181. The first-order valence-electron chi connectivity index (χ1n) is 20.9. The third kappa shape index (κ3) is 5.07. The fraction of sp³-hybridized carbons (Fsp3) is 0.185. The van der Waals surface area contributed by atoms with Gasteiger partial charge in [-0.25, -0.2) is 0 Å². The van der Waals surface area contributed by atoms with Crippen LogP contribution in [0.5, 0.6) is 0 Å². The number of anilines is 3. The van der Waals surface area contributed by atoms with E-state index in [1.54, 1.807) is 0 Å². The van der Waals surface area contributed by atoms with Crippen LogP contribution in [0.25, 0.3) is 60.7 Å². The van der Waals surface area contributed by atoms with Crippen LogP contribution in [-0.2, 0) is 10.8 Å². The lowest BCUT2D eigenvalue weighted by Gasteiger charge is -2.42. The average molecular weight is 750 g/mol. The zero-order valence-corrected chi connectivity index (χ0v) is 34.4. The van der Waals surface area contributed by atoms with E-state index in [9.17, 15) is 0 Å². The van der Waals surface area contributed by atoms with E-state index < -0.39 is 0 Å². The maximum atomic E-state index is 4.66. The molecule has 1 aromatic heterocycles. The van der Waals surface area contributed by atoms with Crippen LogP contribution in [0.15, 0.2) is 140 Å². The second-order valence-electron chi connectivity index (χ2n) is 18.3. The highest BCUT2D eigenvalue weighted by Crippen LogP contribution is 2.51. The molecule has 0 amide bonds. The molecule has 0 radical (unpaired) electrons. The predicted molar refractivity (Wildman–Crippen MR) is 252 cm³/mol. The number of hydrogen-bond acceptors (Lipinski definition) is 2. The maximum Gasteiger partial charge on any atom is 0.198 e. The van der Waals surface area contributed by atoms with E-state index in [1.165, 1.54) is 112 Å². The van der Waals surface area contributed by atoms with Crippen LogP contribution in [0.2, 0.25) is 0 Å². The molecule has 11 rings (SSSR count). The lowest BCUT2D eigenvalue weighted by Crippen LogP contribution is -2.38. The molecule has 3 aliphatic rings. The van der Waals surface area contributed by atoms with Crippen molar-refractivity contribution in [3.05, 3.63) is 168 Å². The van der Waals surface area contributed by atoms with Gasteiger partial charge in [0.15, 0.2) is 7.28 Å². The Hall–Kier alpha value is -6.26. The first-order valence-corrected chi connectivity index (χ1v) is 20.9. The Balaban J connectivity index is 1.26. The van der Waals surface area contributed by atoms with Gasteiger partial charge in [0, 0.05) is 57.2 Å². The molecule has 1 aliphatic carbocycles. The zero-order valence-electron chi connectivity index (χ0n) is 34.4. The Bertz CT molecular complexity index is 3090. The molecule has 0 bridgehead atoms. The van der Waals surface area contributed by atoms with Crippen molar-refractivity contribution in [1.29, 1.82) is 0 Å². The van der Waals surface area contributed by atoms with E-state index in [-0.39, 0.29) is 10.8 Å². The van der Waals surface area contributed by atoms with E-state index in [1.807, 2.05) is 0 Å². The van der Waals surface area contributed by atoms with Crippen LogP contribution in [0.1, 0.15) is 68.4 Å². The summed E-state index contributed by atoms with van der Waals surface area (Å²) in [6.45, 7) is 16.6. The Morgan fingerprint density at radius 2 is 1.34 bits per heavy atom. The van der Waals surface area contributed by atoms with Gasteiger partial charge in [0.05, 0.1) is 11.2 Å². The van der Waals surface area contributed by atoms with E-state index in [0.29, 0.717) is 0 Å². The number of nitrogens with one attached hydrogen (secondary N) is 1. The average Bonchev–Trinajstić information content (AvgIpc) is 3.57. The normalized spacial score (nSPS) is 16.1. The summed E-state index contributed by atoms with van der Waals surface area (Å²) >= 11 is 0. The summed E-state index contributed by atoms with van der Waals surface area (Å²) in [5.41, 5.74) is 21.5. The van der Waals surface area contributed by atoms with Gasteiger partial charge in [-0.1, -0.05) is 136 Å². The van der Waals surface area contributed by atoms with Crippen molar-refractivity contribution in [2.45, 2.75) is 58.3 Å². The molecular formula is C54H48BN3. The van der Waals surface area contributed by atoms with Gasteiger partial charge in [-0.3, -0.25) is 0 Å². The first-order chi connectivity index (χ1) is 28.0. The van der Waals surface area contributed by atoms with Crippen molar-refractivity contribution >= 4 is 79.1 Å². The van der Waals surface area contributed by atoms with Crippen molar-refractivity contribution < 1.29 is 0 Å². The summed E-state index contributed by atoms with van der Waals surface area (Å²) in [7, 11) is 3.03. The van der Waals surface area contributed by atoms with Crippen LogP contribution in [0.3, 0.4) is 0 Å². The second kappa shape index (κ2) is 12.4. The molecule has 58 heavy (non-hydrogen) atoms. The van der Waals surface area contributed by atoms with Gasteiger partial charge in [0.2, 0.25) is 0 Å². The fourth-order valence-corrected chi connectivity index (χ4v) is 10.5. The maximum absolute atomic E-state index is 4.66. The molecule has 3 nitrogen and oxygen atoms in total. The first kappa shape index (κ1) is 35.0. The van der Waals surface area contributed by atoms with Gasteiger partial charge in [0.25, 0.3) is 0 Å². The minimum Gasteiger partial charge on any atom is -0.355 e. The molecule has 2 aliphatic heterocycles. The minimum absolute atomic E-state index is 0.0765. The molecule has 0 atom stereocenters. The second-order valence-corrected chi connectivity index (χ2v) is 18.3. The summed E-state index contributed by atoms with van der Waals surface area (Å²) in [5, 5.41) is 9.14. The fourth-order valence-electron chi connectivity index (χ4n) is 10.5. The molecule has 1 N–H and O–H groups in total. The highest BCUT2D eigenvalue weighted by Gasteiger charge is 2.39. The number of para-hydroxylation sites is 1. The summed E-state index contributed by atoms with van der Waals surface area (Å²) in [4.78, 5) is 2.37. The van der Waals surface area contributed by atoms with Gasteiger partial charge in [-0.05, 0) is 117 Å². The number of nitrogens with zero attached hydrogens (tertiary/aromatic N) is 2. The molecule has 8 aromatic rings. The number of aryl methyl sites for hydroxylation is 1. The number of rotatable bonds is 4. The molecule has 0 saturated heterocycles. The summed E-state index contributed by atoms with van der Waals surface area (Å²) < 4.78 is 2.65. The predicted octanol–water partition coefficient (Wildman–Crippen LogP) is 12.2. The number of hydrogen-bond donors (Lipinski definition) is 1. The molecular weight excluding hydrogens is 701 g/mol. The van der Waals surface area contributed by atoms with Crippen molar-refractivity contribution in [3.63, 3.8) is 0 Å². The lowest BCUT2D eigenvalue weighted by molar-refractivity contribution is 0.332. The Kier molecular flexibility index (Phi) is 7.46. The molecule has 0 unspecified atom stereocenters. The van der Waals surface area contributed by atoms with Crippen LogP contribution >= 0.6 is 0 Å².